The van der Waals surface area contributed by atoms with Crippen molar-refractivity contribution in [2.75, 3.05) is 26.4 Å². The van der Waals surface area contributed by atoms with Crippen molar-refractivity contribution in [3.8, 4) is 0 Å². The van der Waals surface area contributed by atoms with Gasteiger partial charge in [0.15, 0.2) is 6.10 Å². The van der Waals surface area contributed by atoms with Crippen molar-refractivity contribution < 1.29 is 37.6 Å². The summed E-state index contributed by atoms with van der Waals surface area (Å²) in [7, 11) is -4.38. The van der Waals surface area contributed by atoms with Crippen LogP contribution >= 0.6 is 7.82 Å². The van der Waals surface area contributed by atoms with E-state index >= 15 is 0 Å². The average Bonchev–Trinajstić information content (AvgIpc) is 3.14. The van der Waals surface area contributed by atoms with Crippen LogP contribution in [0.5, 0.6) is 0 Å². The van der Waals surface area contributed by atoms with Crippen molar-refractivity contribution in [1.29, 1.82) is 0 Å². The SMILES string of the molecule is CCC/C=C/C/C=C/C/C=C/C/C=C/CCCCCC(=O)OC[C@H](COP(=O)(O)OCCN)OC(=O)CCCCCCCCC/C=C/CCCCCC. The molecule has 0 aliphatic rings. The van der Waals surface area contributed by atoms with Gasteiger partial charge in [-0.1, -0.05) is 139 Å². The van der Waals surface area contributed by atoms with Gasteiger partial charge in [-0.3, -0.25) is 18.6 Å². The fourth-order valence-corrected chi connectivity index (χ4v) is 6.03. The number of unbranched alkanes of at least 4 members (excludes halogenated alkanes) is 15. The van der Waals surface area contributed by atoms with E-state index in [-0.39, 0.29) is 32.6 Å². The van der Waals surface area contributed by atoms with E-state index in [1.807, 2.05) is 0 Å². The number of phosphoric ester groups is 1. The van der Waals surface area contributed by atoms with Gasteiger partial charge in [0.05, 0.1) is 13.2 Å². The smallest absolute Gasteiger partial charge is 0.462 e. The molecule has 0 aromatic heterocycles. The lowest BCUT2D eigenvalue weighted by Gasteiger charge is -2.19. The predicted octanol–water partition coefficient (Wildman–Crippen LogP) is 11.7. The molecule has 0 spiro atoms. The highest BCUT2D eigenvalue weighted by Crippen LogP contribution is 2.43. The molecule has 9 nitrogen and oxygen atoms in total. The van der Waals surface area contributed by atoms with Crippen LogP contribution in [0.15, 0.2) is 60.8 Å². The summed E-state index contributed by atoms with van der Waals surface area (Å²) < 4.78 is 32.7. The maximum absolute atomic E-state index is 12.6. The zero-order valence-corrected chi connectivity index (χ0v) is 34.4. The third-order valence-electron chi connectivity index (χ3n) is 8.36. The molecule has 53 heavy (non-hydrogen) atoms. The van der Waals surface area contributed by atoms with Crippen LogP contribution in [0.25, 0.3) is 0 Å². The molecule has 2 atom stereocenters. The second-order valence-corrected chi connectivity index (χ2v) is 14.9. The van der Waals surface area contributed by atoms with Gasteiger partial charge in [-0.05, 0) is 77.0 Å². The molecule has 0 heterocycles. The van der Waals surface area contributed by atoms with Crippen LogP contribution in [0.2, 0.25) is 0 Å². The van der Waals surface area contributed by atoms with E-state index in [9.17, 15) is 19.0 Å². The molecule has 0 aromatic rings. The van der Waals surface area contributed by atoms with Gasteiger partial charge in [-0.2, -0.15) is 0 Å². The van der Waals surface area contributed by atoms with Gasteiger partial charge in [-0.15, -0.1) is 0 Å². The Balaban J connectivity index is 4.25. The van der Waals surface area contributed by atoms with Gasteiger partial charge in [0.1, 0.15) is 6.61 Å². The first kappa shape index (κ1) is 50.7. The molecule has 1 unspecified atom stereocenters. The molecule has 0 saturated carbocycles. The summed E-state index contributed by atoms with van der Waals surface area (Å²) in [6, 6.07) is 0. The number of hydrogen-bond donors (Lipinski definition) is 2. The Morgan fingerprint density at radius 1 is 0.566 bits per heavy atom. The standard InChI is InChI=1S/C43H76NO8P/c1-3-5-7-9-11-13-15-17-19-20-22-23-25-27-29-31-33-35-42(45)49-39-41(40-51-53(47,48)50-38-37-44)52-43(46)36-34-32-30-28-26-24-21-18-16-14-12-10-8-6-4-2/h7,9,13-16,19-20,23,25,41H,3-6,8,10-12,17-18,21-22,24,26-40,44H2,1-2H3,(H,47,48)/b9-7+,15-13+,16-14+,20-19+,25-23+/t41-/m1/s1. The molecule has 3 N–H and O–H groups in total. The van der Waals surface area contributed by atoms with Gasteiger partial charge in [0, 0.05) is 19.4 Å². The summed E-state index contributed by atoms with van der Waals surface area (Å²) in [4.78, 5) is 34.8. The van der Waals surface area contributed by atoms with E-state index in [0.29, 0.717) is 12.8 Å². The molecular weight excluding hydrogens is 689 g/mol. The normalized spacial score (nSPS) is 14.0. The summed E-state index contributed by atoms with van der Waals surface area (Å²) >= 11 is 0. The quantitative estimate of drug-likeness (QED) is 0.0272. The Hall–Kier alpha value is -2.29. The van der Waals surface area contributed by atoms with Gasteiger partial charge in [-0.25, -0.2) is 4.57 Å². The Kier molecular flexibility index (Phi) is 37.7. The maximum Gasteiger partial charge on any atom is 0.472 e. The molecule has 306 valence electrons. The number of hydrogen-bond acceptors (Lipinski definition) is 8. The summed E-state index contributed by atoms with van der Waals surface area (Å²) in [6.45, 7) is 3.59. The number of carbonyl (C=O) groups is 2. The number of phosphoric acid groups is 1. The Morgan fingerprint density at radius 2 is 1.02 bits per heavy atom. The lowest BCUT2D eigenvalue weighted by molar-refractivity contribution is -0.161. The van der Waals surface area contributed by atoms with Crippen LogP contribution in [0.1, 0.15) is 168 Å². The van der Waals surface area contributed by atoms with Gasteiger partial charge < -0.3 is 20.1 Å². The number of esters is 2. The number of rotatable bonds is 38. The maximum atomic E-state index is 12.6. The van der Waals surface area contributed by atoms with E-state index in [2.05, 4.69) is 74.6 Å². The Bertz CT molecular complexity index is 1050. The van der Waals surface area contributed by atoms with E-state index in [1.165, 1.54) is 57.8 Å². The van der Waals surface area contributed by atoms with Crippen molar-refractivity contribution in [2.45, 2.75) is 174 Å². The molecule has 10 heteroatoms. The van der Waals surface area contributed by atoms with Crippen molar-refractivity contribution in [3.05, 3.63) is 60.8 Å². The van der Waals surface area contributed by atoms with Crippen molar-refractivity contribution >= 4 is 19.8 Å². The summed E-state index contributed by atoms with van der Waals surface area (Å²) in [5.74, 6) is -0.874. The first-order valence-corrected chi connectivity index (χ1v) is 22.3. The van der Waals surface area contributed by atoms with Crippen LogP contribution < -0.4 is 5.73 Å². The first-order chi connectivity index (χ1) is 25.8. The number of allylic oxidation sites excluding steroid dienone is 10. The first-order valence-electron chi connectivity index (χ1n) is 20.8. The number of nitrogens with two attached hydrogens (primary N) is 1. The summed E-state index contributed by atoms with van der Waals surface area (Å²) in [5.41, 5.74) is 5.34. The van der Waals surface area contributed by atoms with Crippen LogP contribution in [-0.2, 0) is 32.7 Å². The highest BCUT2D eigenvalue weighted by Gasteiger charge is 2.25. The summed E-state index contributed by atoms with van der Waals surface area (Å²) in [5, 5.41) is 0. The molecule has 0 aliphatic carbocycles. The fraction of sp³-hybridized carbons (Fsp3) is 0.721. The van der Waals surface area contributed by atoms with Gasteiger partial charge >= 0.3 is 19.8 Å². The largest absolute Gasteiger partial charge is 0.472 e. The van der Waals surface area contributed by atoms with Gasteiger partial charge in [0.2, 0.25) is 0 Å². The highest BCUT2D eigenvalue weighted by atomic mass is 31.2. The third-order valence-corrected chi connectivity index (χ3v) is 9.34. The van der Waals surface area contributed by atoms with Crippen LogP contribution in [-0.4, -0.2) is 49.3 Å². The van der Waals surface area contributed by atoms with Gasteiger partial charge in [0.25, 0.3) is 0 Å². The minimum absolute atomic E-state index is 0.0457. The molecule has 0 radical (unpaired) electrons. The molecular formula is C43H76NO8P. The monoisotopic (exact) mass is 766 g/mol. The minimum atomic E-state index is -4.38. The zero-order chi connectivity index (χ0) is 38.9. The second-order valence-electron chi connectivity index (χ2n) is 13.5. The Morgan fingerprint density at radius 3 is 1.57 bits per heavy atom. The lowest BCUT2D eigenvalue weighted by atomic mass is 10.1. The Labute approximate surface area is 323 Å². The lowest BCUT2D eigenvalue weighted by Crippen LogP contribution is -2.29. The third kappa shape index (κ3) is 39.2. The van der Waals surface area contributed by atoms with E-state index in [4.69, 9.17) is 24.3 Å². The second kappa shape index (κ2) is 39.4. The van der Waals surface area contributed by atoms with E-state index in [1.54, 1.807) is 0 Å². The van der Waals surface area contributed by atoms with Crippen LogP contribution in [0.4, 0.5) is 0 Å². The molecule has 0 amide bonds. The highest BCUT2D eigenvalue weighted by molar-refractivity contribution is 7.47. The van der Waals surface area contributed by atoms with E-state index in [0.717, 1.165) is 70.6 Å². The molecule has 0 fully saturated rings. The summed E-state index contributed by atoms with van der Waals surface area (Å²) in [6.07, 6.45) is 45.3. The zero-order valence-electron chi connectivity index (χ0n) is 33.5. The predicted molar refractivity (Wildman–Crippen MR) is 219 cm³/mol. The number of ether oxygens (including phenoxy) is 2. The van der Waals surface area contributed by atoms with Crippen LogP contribution in [0, 0.1) is 0 Å². The average molecular weight is 766 g/mol. The number of carbonyl (C=O) groups excluding carboxylic acids is 2. The topological polar surface area (TPSA) is 134 Å². The molecule has 0 aromatic carbocycles. The molecule has 0 aliphatic heterocycles. The van der Waals surface area contributed by atoms with Crippen molar-refractivity contribution in [3.63, 3.8) is 0 Å². The molecule has 0 saturated heterocycles. The van der Waals surface area contributed by atoms with Crippen molar-refractivity contribution in [1.82, 2.24) is 0 Å². The van der Waals surface area contributed by atoms with Crippen molar-refractivity contribution in [2.24, 2.45) is 5.73 Å². The minimum Gasteiger partial charge on any atom is -0.462 e. The molecule has 0 rings (SSSR count). The molecule has 0 bridgehead atoms. The van der Waals surface area contributed by atoms with E-state index < -0.39 is 32.5 Å². The fourth-order valence-electron chi connectivity index (χ4n) is 5.27. The van der Waals surface area contributed by atoms with Crippen LogP contribution in [0.3, 0.4) is 0 Å².